The molecule has 0 fully saturated rings. The second kappa shape index (κ2) is 10.5. The van der Waals surface area contributed by atoms with Crippen LogP contribution in [0.15, 0.2) is 48.7 Å². The normalized spacial score (nSPS) is 15.1. The van der Waals surface area contributed by atoms with Gasteiger partial charge in [-0.1, -0.05) is 0 Å². The minimum atomic E-state index is -7.04. The Bertz CT molecular complexity index is 1400. The highest BCUT2D eigenvalue weighted by Crippen LogP contribution is 2.59. The number of ether oxygens (including phenoxy) is 1. The van der Waals surface area contributed by atoms with E-state index in [1.165, 1.54) is 24.3 Å². The molecule has 1 aromatic heterocycles. The van der Waals surface area contributed by atoms with E-state index in [0.717, 1.165) is 34.9 Å². The van der Waals surface area contributed by atoms with Crippen LogP contribution in [0, 0.1) is 8.78 Å². The largest absolute Gasteiger partial charge is 0.618 e. The zero-order valence-electron chi connectivity index (χ0n) is 18.6. The molecule has 212 valence electrons. The van der Waals surface area contributed by atoms with Crippen LogP contribution in [0.5, 0.6) is 5.75 Å². The van der Waals surface area contributed by atoms with Gasteiger partial charge in [-0.25, -0.2) is 8.78 Å². The van der Waals surface area contributed by atoms with Gasteiger partial charge in [0.15, 0.2) is 12.9 Å². The molecule has 0 bridgehead atoms. The van der Waals surface area contributed by atoms with Gasteiger partial charge in [-0.3, -0.25) is 4.79 Å². The topological polar surface area (TPSA) is 65.3 Å². The van der Waals surface area contributed by atoms with Gasteiger partial charge in [-0.15, -0.1) is 0 Å². The van der Waals surface area contributed by atoms with Gasteiger partial charge in [-0.2, -0.15) is 44.2 Å². The summed E-state index contributed by atoms with van der Waals surface area (Å²) in [7, 11) is 0. The van der Waals surface area contributed by atoms with Gasteiger partial charge in [0, 0.05) is 32.2 Å². The third-order valence-corrected chi connectivity index (χ3v) is 6.12. The Morgan fingerprint density at radius 1 is 1.00 bits per heavy atom. The molecule has 2 unspecified atom stereocenters. The molecule has 0 aliphatic heterocycles. The van der Waals surface area contributed by atoms with Crippen molar-refractivity contribution in [3.63, 3.8) is 0 Å². The minimum absolute atomic E-state index is 0.0188. The van der Waals surface area contributed by atoms with Crippen LogP contribution in [0.3, 0.4) is 0 Å². The van der Waals surface area contributed by atoms with Gasteiger partial charge in [0.1, 0.15) is 5.75 Å². The Balaban J connectivity index is 2.17. The Kier molecular flexibility index (Phi) is 8.16. The van der Waals surface area contributed by atoms with Crippen molar-refractivity contribution in [1.82, 2.24) is 0 Å². The fourth-order valence-electron chi connectivity index (χ4n) is 3.39. The van der Waals surface area contributed by atoms with Crippen molar-refractivity contribution < 1.29 is 62.6 Å². The number of alkyl halides is 11. The van der Waals surface area contributed by atoms with Crippen LogP contribution in [0.25, 0.3) is 10.9 Å². The highest BCUT2D eigenvalue weighted by atomic mass is 127. The van der Waals surface area contributed by atoms with Gasteiger partial charge >= 0.3 is 23.9 Å². The Morgan fingerprint density at radius 2 is 1.64 bits per heavy atom. The second-order valence-electron chi connectivity index (χ2n) is 7.80. The van der Waals surface area contributed by atoms with Crippen LogP contribution in [0.1, 0.15) is 15.9 Å². The summed E-state index contributed by atoms with van der Waals surface area (Å²) in [6, 6.07) is 6.04. The van der Waals surface area contributed by atoms with E-state index in [2.05, 4.69) is 4.74 Å². The van der Waals surface area contributed by atoms with Crippen LogP contribution in [-0.2, 0) is 5.67 Å². The molecule has 1 N–H and O–H groups in total. The van der Waals surface area contributed by atoms with Crippen molar-refractivity contribution in [2.24, 2.45) is 0 Å². The maximum absolute atomic E-state index is 15.0. The number of carbonyl (C=O) groups is 1. The van der Waals surface area contributed by atoms with E-state index < -0.39 is 63.5 Å². The fourth-order valence-corrected chi connectivity index (χ4v) is 4.13. The van der Waals surface area contributed by atoms with Crippen molar-refractivity contribution in [3.05, 3.63) is 68.6 Å². The molecule has 0 spiro atoms. The molecule has 0 saturated carbocycles. The van der Waals surface area contributed by atoms with Crippen LogP contribution >= 0.6 is 22.6 Å². The molecule has 0 aliphatic carbocycles. The highest BCUT2D eigenvalue weighted by Gasteiger charge is 2.81. The molecule has 0 aliphatic rings. The zero-order chi connectivity index (χ0) is 29.6. The molecular weight excluding hydrogens is 676 g/mol. The van der Waals surface area contributed by atoms with E-state index in [1.54, 1.807) is 0 Å². The maximum Gasteiger partial charge on any atom is 0.457 e. The first-order chi connectivity index (χ1) is 17.8. The number of hydrogen-bond acceptors (Lipinski definition) is 3. The number of nitrogens with zero attached hydrogens (tertiary/aromatic N) is 1. The highest BCUT2D eigenvalue weighted by molar-refractivity contribution is 14.1. The van der Waals surface area contributed by atoms with Crippen molar-refractivity contribution in [2.45, 2.75) is 30.3 Å². The van der Waals surface area contributed by atoms with Crippen molar-refractivity contribution in [3.8, 4) is 5.75 Å². The van der Waals surface area contributed by atoms with Gasteiger partial charge in [-0.05, 0) is 52.9 Å². The van der Waals surface area contributed by atoms with Gasteiger partial charge in [0.05, 0.1) is 5.69 Å². The molecule has 17 heteroatoms. The number of pyridine rings is 1. The molecule has 3 aromatic rings. The van der Waals surface area contributed by atoms with Gasteiger partial charge in [0.2, 0.25) is 5.52 Å². The van der Waals surface area contributed by atoms with Gasteiger partial charge < -0.3 is 15.3 Å². The van der Waals surface area contributed by atoms with E-state index in [4.69, 9.17) is 0 Å². The first-order valence-corrected chi connectivity index (χ1v) is 11.3. The molecule has 39 heavy (non-hydrogen) atoms. The van der Waals surface area contributed by atoms with E-state index in [0.29, 0.717) is 10.1 Å². The number of hydrogen-bond donors (Lipinski definition) is 1. The summed E-state index contributed by atoms with van der Waals surface area (Å²) < 4.78 is 152. The average molecular weight is 688 g/mol. The summed E-state index contributed by atoms with van der Waals surface area (Å²) in [4.78, 5) is 12.8. The molecule has 0 radical (unpaired) electrons. The summed E-state index contributed by atoms with van der Waals surface area (Å²) in [5.41, 5.74) is -9.87. The number of rotatable bonds is 7. The van der Waals surface area contributed by atoms with Crippen molar-refractivity contribution >= 4 is 45.1 Å². The molecule has 2 atom stereocenters. The lowest BCUT2D eigenvalue weighted by atomic mass is 9.87. The minimum Gasteiger partial charge on any atom is -0.618 e. The summed E-state index contributed by atoms with van der Waals surface area (Å²) in [5, 5.41) is 14.3. The number of benzene rings is 2. The first-order valence-electron chi connectivity index (χ1n) is 10.2. The second-order valence-corrected chi connectivity index (χ2v) is 8.97. The molecule has 5 nitrogen and oxygen atoms in total. The molecule has 2 aromatic carbocycles. The molecule has 1 amide bonds. The van der Waals surface area contributed by atoms with Crippen LogP contribution < -0.4 is 14.8 Å². The Morgan fingerprint density at radius 3 is 2.21 bits per heavy atom. The van der Waals surface area contributed by atoms with Crippen molar-refractivity contribution in [2.75, 3.05) is 12.0 Å². The quantitative estimate of drug-likeness (QED) is 0.127. The van der Waals surface area contributed by atoms with Crippen LogP contribution in [-0.4, -0.2) is 37.2 Å². The number of fused-ring (bicyclic) bond motifs is 1. The SMILES string of the molecule is O=C(Nc1c(I)cc(C(F)(C(F)(F)F)C(F)(F)C(F)(F)F)cc1OC(F)CF)c1ccc2ccc[n+]([O-])c2c1. The average Bonchev–Trinajstić information content (AvgIpc) is 2.83. The monoisotopic (exact) mass is 688 g/mol. The smallest absolute Gasteiger partial charge is 0.457 e. The lowest BCUT2D eigenvalue weighted by molar-refractivity contribution is -0.577. The van der Waals surface area contributed by atoms with E-state index >= 15 is 0 Å². The fraction of sp³-hybridized carbons (Fsp3) is 0.273. The van der Waals surface area contributed by atoms with E-state index in [9.17, 15) is 58.3 Å². The Hall–Kier alpha value is -3.12. The van der Waals surface area contributed by atoms with Crippen LogP contribution in [0.2, 0.25) is 0 Å². The third-order valence-electron chi connectivity index (χ3n) is 5.27. The lowest BCUT2D eigenvalue weighted by Crippen LogP contribution is -2.59. The number of aromatic nitrogens is 1. The number of anilines is 1. The molecule has 3 rings (SSSR count). The van der Waals surface area contributed by atoms with E-state index in [1.807, 2.05) is 5.32 Å². The lowest BCUT2D eigenvalue weighted by Gasteiger charge is -2.36. The molecule has 0 saturated heterocycles. The summed E-state index contributed by atoms with van der Waals surface area (Å²) in [6.45, 7) is -1.97. The number of halogens is 12. The number of amides is 1. The molecular formula is C22H12F11IN2O3. The van der Waals surface area contributed by atoms with Gasteiger partial charge in [0.25, 0.3) is 12.3 Å². The zero-order valence-corrected chi connectivity index (χ0v) is 20.8. The maximum atomic E-state index is 15.0. The first kappa shape index (κ1) is 30.4. The predicted molar refractivity (Wildman–Crippen MR) is 121 cm³/mol. The summed E-state index contributed by atoms with van der Waals surface area (Å²) in [5.74, 6) is -9.58. The Labute approximate surface area is 224 Å². The summed E-state index contributed by atoms with van der Waals surface area (Å²) >= 11 is 1.03. The molecule has 1 heterocycles. The van der Waals surface area contributed by atoms with E-state index in [-0.39, 0.29) is 23.2 Å². The predicted octanol–water partition coefficient (Wildman–Crippen LogP) is 6.90. The number of carbonyl (C=O) groups excluding carboxylic acids is 1. The summed E-state index contributed by atoms with van der Waals surface area (Å²) in [6.07, 6.45) is -15.8. The van der Waals surface area contributed by atoms with Crippen molar-refractivity contribution in [1.29, 1.82) is 0 Å². The standard InChI is InChI=1S/C22H12F11IN2O3/c23-9-16(24)39-15-8-12(19(25,21(28,29)30)20(26,27)22(31,32)33)7-13(34)17(15)35-18(37)11-4-3-10-2-1-5-36(38)14(10)6-11/h1-8,16H,9H2,(H,35,37). The third kappa shape index (κ3) is 5.49. The van der Waals surface area contributed by atoms with Crippen LogP contribution in [0.4, 0.5) is 54.0 Å². The number of nitrogens with one attached hydrogen (secondary N) is 1.